The van der Waals surface area contributed by atoms with Crippen LogP contribution in [-0.2, 0) is 14.8 Å². The molecule has 0 unspecified atom stereocenters. The van der Waals surface area contributed by atoms with E-state index in [4.69, 9.17) is 0 Å². The fourth-order valence-electron chi connectivity index (χ4n) is 2.70. The molecule has 2 heterocycles. The first-order chi connectivity index (χ1) is 11.0. The van der Waals surface area contributed by atoms with E-state index in [1.54, 1.807) is 34.6 Å². The molecule has 0 atom stereocenters. The Bertz CT molecular complexity index is 635. The third-order valence-corrected chi connectivity index (χ3v) is 7.17. The highest BCUT2D eigenvalue weighted by atomic mass is 32.2. The molecule has 1 aliphatic heterocycles. The van der Waals surface area contributed by atoms with Crippen LogP contribution >= 0.6 is 11.3 Å². The Balaban J connectivity index is 1.99. The number of piperidine rings is 1. The second-order valence-corrected chi connectivity index (χ2v) is 8.54. The Kier molecular flexibility index (Phi) is 6.15. The summed E-state index contributed by atoms with van der Waals surface area (Å²) >= 11 is 1.22. The summed E-state index contributed by atoms with van der Waals surface area (Å²) in [7, 11) is -3.41. The number of hydrogen-bond acceptors (Lipinski definition) is 4. The molecule has 7 heteroatoms. The van der Waals surface area contributed by atoms with E-state index in [9.17, 15) is 13.2 Å². The Morgan fingerprint density at radius 1 is 1.30 bits per heavy atom. The van der Waals surface area contributed by atoms with Crippen molar-refractivity contribution in [3.63, 3.8) is 0 Å². The number of thiophene rings is 1. The van der Waals surface area contributed by atoms with Crippen LogP contribution in [0, 0.1) is 5.92 Å². The van der Waals surface area contributed by atoms with Crippen molar-refractivity contribution < 1.29 is 13.2 Å². The minimum Gasteiger partial charge on any atom is -0.335 e. The first-order valence-corrected chi connectivity index (χ1v) is 9.87. The summed E-state index contributed by atoms with van der Waals surface area (Å²) in [5, 5.41) is 1.76. The standard InChI is InChI=1S/C16H22N2O3S2/c1-3-9-17(10-4-2)16(19)14-7-11-18(12-8-14)23(20,21)15-6-5-13-22-15/h3-6,13-14H,1-2,7-12H2. The molecule has 126 valence electrons. The molecule has 0 N–H and O–H groups in total. The average Bonchev–Trinajstić information content (AvgIpc) is 3.09. The molecule has 5 nitrogen and oxygen atoms in total. The van der Waals surface area contributed by atoms with Crippen LogP contribution in [0.3, 0.4) is 0 Å². The lowest BCUT2D eigenvalue weighted by Gasteiger charge is -2.32. The van der Waals surface area contributed by atoms with Crippen LogP contribution in [0.1, 0.15) is 12.8 Å². The Morgan fingerprint density at radius 2 is 1.91 bits per heavy atom. The van der Waals surface area contributed by atoms with Gasteiger partial charge in [0.2, 0.25) is 5.91 Å². The van der Waals surface area contributed by atoms with Gasteiger partial charge in [0.15, 0.2) is 0 Å². The van der Waals surface area contributed by atoms with Gasteiger partial charge in [-0.15, -0.1) is 24.5 Å². The van der Waals surface area contributed by atoms with E-state index in [0.717, 1.165) is 0 Å². The Labute approximate surface area is 142 Å². The molecule has 0 spiro atoms. The minimum atomic E-state index is -3.41. The highest BCUT2D eigenvalue weighted by Gasteiger charge is 2.33. The summed E-state index contributed by atoms with van der Waals surface area (Å²) in [5.41, 5.74) is 0. The van der Waals surface area contributed by atoms with E-state index < -0.39 is 10.0 Å². The number of amides is 1. The van der Waals surface area contributed by atoms with Crippen molar-refractivity contribution in [1.29, 1.82) is 0 Å². The third-order valence-electron chi connectivity index (χ3n) is 3.90. The molecule has 2 rings (SSSR count). The van der Waals surface area contributed by atoms with Gasteiger partial charge < -0.3 is 4.90 Å². The SMILES string of the molecule is C=CCN(CC=C)C(=O)C1CCN(S(=O)(=O)c2cccs2)CC1. The van der Waals surface area contributed by atoms with Gasteiger partial charge in [-0.25, -0.2) is 8.42 Å². The first kappa shape index (κ1) is 17.9. The monoisotopic (exact) mass is 354 g/mol. The summed E-state index contributed by atoms with van der Waals surface area (Å²) in [6.45, 7) is 9.07. The summed E-state index contributed by atoms with van der Waals surface area (Å²) in [6.07, 6.45) is 4.48. The summed E-state index contributed by atoms with van der Waals surface area (Å²) in [6, 6.07) is 3.35. The molecule has 0 aliphatic carbocycles. The lowest BCUT2D eigenvalue weighted by Crippen LogP contribution is -2.44. The molecule has 0 aromatic carbocycles. The quantitative estimate of drug-likeness (QED) is 0.706. The number of hydrogen-bond donors (Lipinski definition) is 0. The Morgan fingerprint density at radius 3 is 2.39 bits per heavy atom. The van der Waals surface area contributed by atoms with Crippen LogP contribution < -0.4 is 0 Å². The fraction of sp³-hybridized carbons (Fsp3) is 0.438. The number of carbonyl (C=O) groups excluding carboxylic acids is 1. The van der Waals surface area contributed by atoms with Crippen LogP contribution in [-0.4, -0.2) is 49.7 Å². The molecule has 1 aliphatic rings. The molecule has 1 aromatic rings. The van der Waals surface area contributed by atoms with Crippen LogP contribution in [0.5, 0.6) is 0 Å². The van der Waals surface area contributed by atoms with Gasteiger partial charge in [0.05, 0.1) is 0 Å². The molecule has 23 heavy (non-hydrogen) atoms. The number of carbonyl (C=O) groups is 1. The molecule has 0 bridgehead atoms. The molecular formula is C16H22N2O3S2. The van der Waals surface area contributed by atoms with Gasteiger partial charge in [0, 0.05) is 32.1 Å². The number of rotatable bonds is 7. The molecule has 1 aromatic heterocycles. The maximum absolute atomic E-state index is 12.5. The largest absolute Gasteiger partial charge is 0.335 e. The second kappa shape index (κ2) is 7.90. The zero-order valence-corrected chi connectivity index (χ0v) is 14.7. The van der Waals surface area contributed by atoms with Gasteiger partial charge in [0.1, 0.15) is 4.21 Å². The van der Waals surface area contributed by atoms with Crippen LogP contribution in [0.4, 0.5) is 0 Å². The lowest BCUT2D eigenvalue weighted by atomic mass is 9.96. The predicted molar refractivity (Wildman–Crippen MR) is 92.8 cm³/mol. The van der Waals surface area contributed by atoms with E-state index in [-0.39, 0.29) is 11.8 Å². The van der Waals surface area contributed by atoms with Crippen LogP contribution in [0.2, 0.25) is 0 Å². The van der Waals surface area contributed by atoms with Crippen LogP contribution in [0.25, 0.3) is 0 Å². The summed E-state index contributed by atoms with van der Waals surface area (Å²) in [5.74, 6) is -0.0809. The molecule has 0 saturated carbocycles. The van der Waals surface area contributed by atoms with Gasteiger partial charge in [-0.1, -0.05) is 18.2 Å². The van der Waals surface area contributed by atoms with Crippen molar-refractivity contribution in [3.05, 3.63) is 42.8 Å². The highest BCUT2D eigenvalue weighted by Crippen LogP contribution is 2.27. The van der Waals surface area contributed by atoms with Crippen molar-refractivity contribution in [3.8, 4) is 0 Å². The van der Waals surface area contributed by atoms with E-state index in [1.807, 2.05) is 0 Å². The maximum atomic E-state index is 12.5. The van der Waals surface area contributed by atoms with Gasteiger partial charge in [-0.3, -0.25) is 4.79 Å². The predicted octanol–water partition coefficient (Wildman–Crippen LogP) is 2.35. The fourth-order valence-corrected chi connectivity index (χ4v) is 5.32. The van der Waals surface area contributed by atoms with Crippen molar-refractivity contribution in [2.75, 3.05) is 26.2 Å². The average molecular weight is 354 g/mol. The summed E-state index contributed by atoms with van der Waals surface area (Å²) in [4.78, 5) is 14.2. The van der Waals surface area contributed by atoms with Crippen molar-refractivity contribution in [2.24, 2.45) is 5.92 Å². The maximum Gasteiger partial charge on any atom is 0.252 e. The van der Waals surface area contributed by atoms with Crippen molar-refractivity contribution in [2.45, 2.75) is 17.1 Å². The van der Waals surface area contributed by atoms with Gasteiger partial charge >= 0.3 is 0 Å². The van der Waals surface area contributed by atoms with Gasteiger partial charge in [0.25, 0.3) is 10.0 Å². The first-order valence-electron chi connectivity index (χ1n) is 7.55. The third kappa shape index (κ3) is 4.10. The van der Waals surface area contributed by atoms with Crippen molar-refractivity contribution in [1.82, 2.24) is 9.21 Å². The zero-order valence-electron chi connectivity index (χ0n) is 13.1. The number of nitrogens with zero attached hydrogens (tertiary/aromatic N) is 2. The number of sulfonamides is 1. The van der Waals surface area contributed by atoms with Gasteiger partial charge in [-0.2, -0.15) is 4.31 Å². The smallest absolute Gasteiger partial charge is 0.252 e. The lowest BCUT2D eigenvalue weighted by molar-refractivity contribution is -0.135. The van der Waals surface area contributed by atoms with Crippen molar-refractivity contribution >= 4 is 27.3 Å². The molecular weight excluding hydrogens is 332 g/mol. The normalized spacial score (nSPS) is 16.9. The molecule has 1 amide bonds. The molecule has 1 fully saturated rings. The second-order valence-electron chi connectivity index (χ2n) is 5.43. The molecule has 0 radical (unpaired) electrons. The van der Waals surface area contributed by atoms with E-state index in [2.05, 4.69) is 13.2 Å². The molecule has 1 saturated heterocycles. The summed E-state index contributed by atoms with van der Waals surface area (Å²) < 4.78 is 26.8. The van der Waals surface area contributed by atoms with Crippen LogP contribution in [0.15, 0.2) is 47.0 Å². The zero-order chi connectivity index (χ0) is 16.9. The van der Waals surface area contributed by atoms with E-state index in [0.29, 0.717) is 43.2 Å². The highest BCUT2D eigenvalue weighted by molar-refractivity contribution is 7.91. The Hall–Kier alpha value is -1.44. The van der Waals surface area contributed by atoms with E-state index in [1.165, 1.54) is 15.6 Å². The van der Waals surface area contributed by atoms with E-state index >= 15 is 0 Å². The minimum absolute atomic E-state index is 0.0537. The van der Waals surface area contributed by atoms with Gasteiger partial charge in [-0.05, 0) is 24.3 Å². The topological polar surface area (TPSA) is 57.7 Å².